The summed E-state index contributed by atoms with van der Waals surface area (Å²) in [5.74, 6) is -4.27. The van der Waals surface area contributed by atoms with Crippen LogP contribution in [0.1, 0.15) is 5.56 Å². The maximum absolute atomic E-state index is 13.3. The zero-order valence-electron chi connectivity index (χ0n) is 9.07. The Morgan fingerprint density at radius 2 is 1.81 bits per heavy atom. The molecule has 88 valence electrons. The lowest BCUT2D eigenvalue weighted by Crippen LogP contribution is -2.28. The number of hydrogen-bond donors (Lipinski definition) is 1. The number of benzene rings is 1. The smallest absolute Gasteiger partial charge is 0.321 e. The van der Waals surface area contributed by atoms with Gasteiger partial charge in [-0.1, -0.05) is 0 Å². The van der Waals surface area contributed by atoms with Crippen LogP contribution >= 0.6 is 0 Å². The van der Waals surface area contributed by atoms with E-state index in [9.17, 15) is 18.0 Å². The number of urea groups is 1. The van der Waals surface area contributed by atoms with Crippen molar-refractivity contribution in [3.05, 3.63) is 29.1 Å². The largest absolute Gasteiger partial charge is 0.331 e. The van der Waals surface area contributed by atoms with Gasteiger partial charge in [-0.15, -0.1) is 0 Å². The summed E-state index contributed by atoms with van der Waals surface area (Å²) in [6.07, 6.45) is 0. The highest BCUT2D eigenvalue weighted by atomic mass is 19.2. The number of nitrogens with one attached hydrogen (secondary N) is 1. The van der Waals surface area contributed by atoms with Crippen LogP contribution < -0.4 is 5.32 Å². The van der Waals surface area contributed by atoms with E-state index in [1.165, 1.54) is 21.0 Å². The molecule has 1 aromatic carbocycles. The van der Waals surface area contributed by atoms with Crippen LogP contribution in [0.25, 0.3) is 0 Å². The van der Waals surface area contributed by atoms with Crippen molar-refractivity contribution in [3.8, 4) is 0 Å². The monoisotopic (exact) mass is 232 g/mol. The molecule has 0 aliphatic rings. The van der Waals surface area contributed by atoms with Gasteiger partial charge in [-0.3, -0.25) is 0 Å². The number of rotatable bonds is 1. The van der Waals surface area contributed by atoms with E-state index < -0.39 is 23.5 Å². The molecule has 0 unspecified atom stereocenters. The van der Waals surface area contributed by atoms with Crippen LogP contribution in [0.2, 0.25) is 0 Å². The van der Waals surface area contributed by atoms with Gasteiger partial charge in [0, 0.05) is 14.1 Å². The molecule has 3 nitrogen and oxygen atoms in total. The van der Waals surface area contributed by atoms with E-state index in [1.54, 1.807) is 0 Å². The Balaban J connectivity index is 3.15. The number of anilines is 1. The summed E-state index contributed by atoms with van der Waals surface area (Å²) in [6.45, 7) is 1.37. The van der Waals surface area contributed by atoms with Gasteiger partial charge in [0.25, 0.3) is 0 Å². The van der Waals surface area contributed by atoms with E-state index in [2.05, 4.69) is 5.32 Å². The molecule has 0 fully saturated rings. The van der Waals surface area contributed by atoms with E-state index in [1.807, 2.05) is 0 Å². The zero-order chi connectivity index (χ0) is 12.5. The highest BCUT2D eigenvalue weighted by Gasteiger charge is 2.18. The Kier molecular flexibility index (Phi) is 3.41. The van der Waals surface area contributed by atoms with Gasteiger partial charge in [0.2, 0.25) is 0 Å². The molecular weight excluding hydrogens is 221 g/mol. The molecule has 0 aromatic heterocycles. The van der Waals surface area contributed by atoms with Gasteiger partial charge in [0.15, 0.2) is 17.5 Å². The Morgan fingerprint density at radius 1 is 1.25 bits per heavy atom. The van der Waals surface area contributed by atoms with Gasteiger partial charge < -0.3 is 10.2 Å². The van der Waals surface area contributed by atoms with Gasteiger partial charge >= 0.3 is 6.03 Å². The summed E-state index contributed by atoms with van der Waals surface area (Å²) in [4.78, 5) is 12.4. The first-order valence-electron chi connectivity index (χ1n) is 4.47. The highest BCUT2D eigenvalue weighted by Crippen LogP contribution is 2.24. The summed E-state index contributed by atoms with van der Waals surface area (Å²) in [5.41, 5.74) is -0.232. The Labute approximate surface area is 90.9 Å². The second-order valence-corrected chi connectivity index (χ2v) is 3.50. The molecule has 16 heavy (non-hydrogen) atoms. The molecule has 2 amide bonds. The maximum atomic E-state index is 13.3. The van der Waals surface area contributed by atoms with Crippen LogP contribution in [0.15, 0.2) is 6.07 Å². The van der Waals surface area contributed by atoms with E-state index in [4.69, 9.17) is 0 Å². The van der Waals surface area contributed by atoms with Crippen LogP contribution in [0.3, 0.4) is 0 Å². The van der Waals surface area contributed by atoms with Crippen molar-refractivity contribution in [2.24, 2.45) is 0 Å². The van der Waals surface area contributed by atoms with Crippen molar-refractivity contribution >= 4 is 11.7 Å². The standard InChI is InChI=1S/C10H11F3N2O/c1-5-4-6(11)7(12)8(13)9(5)14-10(16)15(2)3/h4H,1-3H3,(H,14,16). The van der Waals surface area contributed by atoms with Crippen molar-refractivity contribution in [2.45, 2.75) is 6.92 Å². The van der Waals surface area contributed by atoms with Crippen molar-refractivity contribution in [2.75, 3.05) is 19.4 Å². The van der Waals surface area contributed by atoms with Crippen molar-refractivity contribution in [1.82, 2.24) is 4.90 Å². The van der Waals surface area contributed by atoms with E-state index in [0.717, 1.165) is 11.0 Å². The number of amides is 2. The number of carbonyl (C=O) groups excluding carboxylic acids is 1. The van der Waals surface area contributed by atoms with Gasteiger partial charge in [-0.05, 0) is 18.6 Å². The predicted octanol–water partition coefficient (Wildman–Crippen LogP) is 2.51. The fourth-order valence-corrected chi connectivity index (χ4v) is 1.09. The third kappa shape index (κ3) is 2.26. The first-order chi connectivity index (χ1) is 7.34. The van der Waals surface area contributed by atoms with Gasteiger partial charge in [-0.25, -0.2) is 18.0 Å². The fraction of sp³-hybridized carbons (Fsp3) is 0.300. The molecule has 0 radical (unpaired) electrons. The average Bonchev–Trinajstić information content (AvgIpc) is 2.20. The molecular formula is C10H11F3N2O. The molecule has 0 heterocycles. The van der Waals surface area contributed by atoms with Crippen molar-refractivity contribution < 1.29 is 18.0 Å². The lowest BCUT2D eigenvalue weighted by atomic mass is 10.2. The summed E-state index contributed by atoms with van der Waals surface area (Å²) in [6, 6.07) is 0.206. The molecule has 1 aromatic rings. The normalized spacial score (nSPS) is 10.1. The van der Waals surface area contributed by atoms with Crippen molar-refractivity contribution in [1.29, 1.82) is 0 Å². The number of nitrogens with zero attached hydrogens (tertiary/aromatic N) is 1. The lowest BCUT2D eigenvalue weighted by molar-refractivity contribution is 0.230. The Hall–Kier alpha value is -1.72. The second-order valence-electron chi connectivity index (χ2n) is 3.50. The first-order valence-corrected chi connectivity index (χ1v) is 4.47. The molecule has 0 aliphatic heterocycles. The van der Waals surface area contributed by atoms with E-state index in [-0.39, 0.29) is 11.3 Å². The number of carbonyl (C=O) groups is 1. The minimum absolute atomic E-state index is 0.117. The SMILES string of the molecule is Cc1cc(F)c(F)c(F)c1NC(=O)N(C)C. The molecule has 0 saturated carbocycles. The molecule has 1 N–H and O–H groups in total. The quantitative estimate of drug-likeness (QED) is 0.741. The van der Waals surface area contributed by atoms with Gasteiger partial charge in [0.05, 0.1) is 5.69 Å². The van der Waals surface area contributed by atoms with Crippen LogP contribution in [0.5, 0.6) is 0 Å². The molecule has 1 rings (SSSR count). The maximum Gasteiger partial charge on any atom is 0.321 e. The average molecular weight is 232 g/mol. The molecule has 0 atom stereocenters. The van der Waals surface area contributed by atoms with Crippen molar-refractivity contribution in [3.63, 3.8) is 0 Å². The number of aryl methyl sites for hydroxylation is 1. The summed E-state index contributed by atoms with van der Waals surface area (Å²) < 4.78 is 39.0. The Morgan fingerprint density at radius 3 is 2.31 bits per heavy atom. The molecule has 0 aliphatic carbocycles. The molecule has 0 saturated heterocycles. The van der Waals surface area contributed by atoms with Crippen LogP contribution in [-0.2, 0) is 0 Å². The van der Waals surface area contributed by atoms with Gasteiger partial charge in [0.1, 0.15) is 0 Å². The third-order valence-electron chi connectivity index (χ3n) is 2.00. The summed E-state index contributed by atoms with van der Waals surface area (Å²) in [7, 11) is 2.89. The number of hydrogen-bond acceptors (Lipinski definition) is 1. The van der Waals surface area contributed by atoms with Crippen LogP contribution in [0.4, 0.5) is 23.7 Å². The molecule has 0 bridgehead atoms. The summed E-state index contributed by atoms with van der Waals surface area (Å²) in [5, 5.41) is 2.15. The van der Waals surface area contributed by atoms with Crippen LogP contribution in [-0.4, -0.2) is 25.0 Å². The van der Waals surface area contributed by atoms with E-state index >= 15 is 0 Å². The first kappa shape index (κ1) is 12.4. The predicted molar refractivity (Wildman–Crippen MR) is 53.8 cm³/mol. The summed E-state index contributed by atoms with van der Waals surface area (Å²) >= 11 is 0. The second kappa shape index (κ2) is 4.42. The Bertz CT molecular complexity index is 433. The number of halogens is 3. The minimum atomic E-state index is -1.60. The lowest BCUT2D eigenvalue weighted by Gasteiger charge is -2.14. The molecule has 0 spiro atoms. The molecule has 6 heteroatoms. The highest BCUT2D eigenvalue weighted by molar-refractivity contribution is 5.89. The minimum Gasteiger partial charge on any atom is -0.331 e. The van der Waals surface area contributed by atoms with Crippen LogP contribution in [0, 0.1) is 24.4 Å². The van der Waals surface area contributed by atoms with Gasteiger partial charge in [-0.2, -0.15) is 0 Å². The fourth-order valence-electron chi connectivity index (χ4n) is 1.09. The van der Waals surface area contributed by atoms with E-state index in [0.29, 0.717) is 0 Å². The topological polar surface area (TPSA) is 32.3 Å². The zero-order valence-corrected chi connectivity index (χ0v) is 9.07. The third-order valence-corrected chi connectivity index (χ3v) is 2.00.